The topological polar surface area (TPSA) is 59.0 Å². The minimum absolute atomic E-state index is 0.0523. The number of amides is 2. The van der Waals surface area contributed by atoms with Crippen LogP contribution in [0, 0.1) is 0 Å². The number of anilines is 2. The van der Waals surface area contributed by atoms with Crippen LogP contribution >= 0.6 is 23.2 Å². The number of hydrogen-bond acceptors (Lipinski definition) is 2. The maximum absolute atomic E-state index is 12.7. The standard InChI is InChI=1S/C17H11Cl2F3N4O/c18-11-3-5-12(6-4-11)24-16(27)25-14-2-1-7-26(14)15-13(19)8-10(9-23-15)17(20,21)22/h1-9H,(H2,24,25,27). The van der Waals surface area contributed by atoms with Gasteiger partial charge in [-0.2, -0.15) is 13.2 Å². The molecule has 0 fully saturated rings. The van der Waals surface area contributed by atoms with Crippen molar-refractivity contribution in [2.24, 2.45) is 0 Å². The molecule has 140 valence electrons. The van der Waals surface area contributed by atoms with E-state index in [0.29, 0.717) is 16.9 Å². The summed E-state index contributed by atoms with van der Waals surface area (Å²) in [5, 5.41) is 5.51. The van der Waals surface area contributed by atoms with E-state index in [-0.39, 0.29) is 16.7 Å². The lowest BCUT2D eigenvalue weighted by Crippen LogP contribution is -2.21. The molecule has 0 radical (unpaired) electrons. The fourth-order valence-corrected chi connectivity index (χ4v) is 2.63. The Bertz CT molecular complexity index is 971. The number of benzene rings is 1. The van der Waals surface area contributed by atoms with E-state index >= 15 is 0 Å². The number of alkyl halides is 3. The Kier molecular flexibility index (Phi) is 5.29. The molecule has 2 N–H and O–H groups in total. The smallest absolute Gasteiger partial charge is 0.308 e. The summed E-state index contributed by atoms with van der Waals surface area (Å²) in [7, 11) is 0. The van der Waals surface area contributed by atoms with E-state index in [1.807, 2.05) is 0 Å². The molecular formula is C17H11Cl2F3N4O. The first-order valence-corrected chi connectivity index (χ1v) is 8.23. The van der Waals surface area contributed by atoms with Gasteiger partial charge in [-0.25, -0.2) is 9.78 Å². The number of nitrogens with one attached hydrogen (secondary N) is 2. The molecule has 27 heavy (non-hydrogen) atoms. The Balaban J connectivity index is 1.80. The molecule has 10 heteroatoms. The van der Waals surface area contributed by atoms with Crippen molar-refractivity contribution in [2.75, 3.05) is 10.6 Å². The Hall–Kier alpha value is -2.71. The zero-order chi connectivity index (χ0) is 19.6. The van der Waals surface area contributed by atoms with Gasteiger partial charge in [0.1, 0.15) is 5.82 Å². The average molecular weight is 415 g/mol. The molecule has 0 aliphatic rings. The normalized spacial score (nSPS) is 11.3. The predicted octanol–water partition coefficient (Wildman–Crippen LogP) is 5.84. The largest absolute Gasteiger partial charge is 0.417 e. The minimum Gasteiger partial charge on any atom is -0.308 e. The molecule has 2 heterocycles. The van der Waals surface area contributed by atoms with Crippen molar-refractivity contribution >= 4 is 40.7 Å². The number of rotatable bonds is 3. The lowest BCUT2D eigenvalue weighted by atomic mass is 10.3. The average Bonchev–Trinajstić information content (AvgIpc) is 3.03. The highest BCUT2D eigenvalue weighted by Crippen LogP contribution is 2.32. The van der Waals surface area contributed by atoms with E-state index in [1.54, 1.807) is 36.4 Å². The Morgan fingerprint density at radius 2 is 1.78 bits per heavy atom. The molecule has 2 aromatic heterocycles. The first-order valence-electron chi connectivity index (χ1n) is 7.48. The molecule has 0 unspecified atom stereocenters. The molecule has 3 aromatic rings. The monoisotopic (exact) mass is 414 g/mol. The highest BCUT2D eigenvalue weighted by atomic mass is 35.5. The van der Waals surface area contributed by atoms with Crippen molar-refractivity contribution in [1.29, 1.82) is 0 Å². The number of pyridine rings is 1. The summed E-state index contributed by atoms with van der Waals surface area (Å²) in [6, 6.07) is 9.84. The van der Waals surface area contributed by atoms with Crippen LogP contribution in [0.15, 0.2) is 54.9 Å². The number of urea groups is 1. The summed E-state index contributed by atoms with van der Waals surface area (Å²) in [5.74, 6) is 0.326. The van der Waals surface area contributed by atoms with Crippen LogP contribution in [0.5, 0.6) is 0 Å². The van der Waals surface area contributed by atoms with E-state index in [0.717, 1.165) is 6.07 Å². The number of carbonyl (C=O) groups excluding carboxylic acids is 1. The Morgan fingerprint density at radius 1 is 1.07 bits per heavy atom. The van der Waals surface area contributed by atoms with Crippen LogP contribution in [0.4, 0.5) is 29.5 Å². The van der Waals surface area contributed by atoms with E-state index in [2.05, 4.69) is 15.6 Å². The van der Waals surface area contributed by atoms with E-state index in [4.69, 9.17) is 23.2 Å². The van der Waals surface area contributed by atoms with Gasteiger partial charge in [-0.05, 0) is 42.5 Å². The molecule has 2 amide bonds. The molecule has 0 saturated heterocycles. The first kappa shape index (κ1) is 19.1. The molecular weight excluding hydrogens is 404 g/mol. The first-order chi connectivity index (χ1) is 12.7. The van der Waals surface area contributed by atoms with E-state index in [1.165, 1.54) is 10.8 Å². The van der Waals surface area contributed by atoms with Gasteiger partial charge in [0.05, 0.1) is 10.6 Å². The molecule has 0 aliphatic heterocycles. The lowest BCUT2D eigenvalue weighted by molar-refractivity contribution is -0.137. The molecule has 3 rings (SSSR count). The molecule has 0 aliphatic carbocycles. The molecule has 1 aromatic carbocycles. The summed E-state index contributed by atoms with van der Waals surface area (Å²) in [6.07, 6.45) is -2.36. The summed E-state index contributed by atoms with van der Waals surface area (Å²) < 4.78 is 39.6. The third kappa shape index (κ3) is 4.53. The maximum atomic E-state index is 12.7. The van der Waals surface area contributed by atoms with Crippen molar-refractivity contribution in [3.05, 3.63) is 70.5 Å². The molecule has 0 spiro atoms. The molecule has 5 nitrogen and oxygen atoms in total. The third-order valence-corrected chi connectivity index (χ3v) is 4.00. The van der Waals surface area contributed by atoms with Crippen LogP contribution in [-0.4, -0.2) is 15.6 Å². The van der Waals surface area contributed by atoms with Crippen LogP contribution in [-0.2, 0) is 6.18 Å². The van der Waals surface area contributed by atoms with Gasteiger partial charge in [-0.3, -0.25) is 9.88 Å². The molecule has 0 atom stereocenters. The molecule has 0 saturated carbocycles. The number of hydrogen-bond donors (Lipinski definition) is 2. The second kappa shape index (κ2) is 7.50. The number of halogens is 5. The zero-order valence-corrected chi connectivity index (χ0v) is 14.9. The second-order valence-electron chi connectivity index (χ2n) is 5.38. The van der Waals surface area contributed by atoms with Gasteiger partial charge in [0, 0.05) is 23.1 Å². The van der Waals surface area contributed by atoms with E-state index < -0.39 is 17.8 Å². The van der Waals surface area contributed by atoms with Crippen LogP contribution in [0.25, 0.3) is 5.82 Å². The molecule has 0 bridgehead atoms. The Labute approximate surface area is 161 Å². The highest BCUT2D eigenvalue weighted by molar-refractivity contribution is 6.32. The van der Waals surface area contributed by atoms with Gasteiger partial charge in [0.15, 0.2) is 5.82 Å². The zero-order valence-electron chi connectivity index (χ0n) is 13.4. The minimum atomic E-state index is -4.55. The van der Waals surface area contributed by atoms with Gasteiger partial charge in [-0.15, -0.1) is 0 Å². The fourth-order valence-electron chi connectivity index (χ4n) is 2.24. The van der Waals surface area contributed by atoms with Crippen molar-refractivity contribution in [1.82, 2.24) is 9.55 Å². The van der Waals surface area contributed by atoms with E-state index in [9.17, 15) is 18.0 Å². The summed E-state index contributed by atoms with van der Waals surface area (Å²) in [4.78, 5) is 15.9. The van der Waals surface area contributed by atoms with Crippen molar-refractivity contribution in [3.63, 3.8) is 0 Å². The van der Waals surface area contributed by atoms with Gasteiger partial charge < -0.3 is 5.32 Å². The SMILES string of the molecule is O=C(Nc1ccc(Cl)cc1)Nc1cccn1-c1ncc(C(F)(F)F)cc1Cl. The van der Waals surface area contributed by atoms with Gasteiger partial charge in [0.25, 0.3) is 0 Å². The van der Waals surface area contributed by atoms with Crippen molar-refractivity contribution < 1.29 is 18.0 Å². The van der Waals surface area contributed by atoms with Crippen molar-refractivity contribution in [2.45, 2.75) is 6.18 Å². The Morgan fingerprint density at radius 3 is 2.41 bits per heavy atom. The summed E-state index contributed by atoms with van der Waals surface area (Å²) >= 11 is 11.7. The fraction of sp³-hybridized carbons (Fsp3) is 0.0588. The quantitative estimate of drug-likeness (QED) is 0.565. The van der Waals surface area contributed by atoms with Crippen LogP contribution in [0.1, 0.15) is 5.56 Å². The predicted molar refractivity (Wildman–Crippen MR) is 97.7 cm³/mol. The van der Waals surface area contributed by atoms with Gasteiger partial charge in [-0.1, -0.05) is 23.2 Å². The van der Waals surface area contributed by atoms with Crippen LogP contribution < -0.4 is 10.6 Å². The van der Waals surface area contributed by atoms with Gasteiger partial charge in [0.2, 0.25) is 0 Å². The summed E-state index contributed by atoms with van der Waals surface area (Å²) in [6.45, 7) is 0. The lowest BCUT2D eigenvalue weighted by Gasteiger charge is -2.13. The van der Waals surface area contributed by atoms with Crippen molar-refractivity contribution in [3.8, 4) is 5.82 Å². The number of carbonyl (C=O) groups is 1. The highest BCUT2D eigenvalue weighted by Gasteiger charge is 2.31. The maximum Gasteiger partial charge on any atom is 0.417 e. The number of aromatic nitrogens is 2. The van der Waals surface area contributed by atoms with Crippen LogP contribution in [0.2, 0.25) is 10.0 Å². The van der Waals surface area contributed by atoms with Gasteiger partial charge >= 0.3 is 12.2 Å². The second-order valence-corrected chi connectivity index (χ2v) is 6.22. The van der Waals surface area contributed by atoms with Crippen LogP contribution in [0.3, 0.4) is 0 Å². The summed E-state index contributed by atoms with van der Waals surface area (Å²) in [5.41, 5.74) is -0.445. The third-order valence-electron chi connectivity index (χ3n) is 3.47. The number of nitrogens with zero attached hydrogens (tertiary/aromatic N) is 2.